The second kappa shape index (κ2) is 6.82. The van der Waals surface area contributed by atoms with Crippen molar-refractivity contribution in [2.24, 2.45) is 0 Å². The van der Waals surface area contributed by atoms with Crippen LogP contribution in [-0.4, -0.2) is 11.9 Å². The largest absolute Gasteiger partial charge is 0.325 e. The molecule has 104 valence electrons. The second-order valence-corrected chi connectivity index (χ2v) is 4.55. The molecule has 20 heavy (non-hydrogen) atoms. The average molecular weight is 272 g/mol. The van der Waals surface area contributed by atoms with Crippen molar-refractivity contribution in [3.63, 3.8) is 0 Å². The number of nitrogens with one attached hydrogen (secondary N) is 2. The fourth-order valence-corrected chi connectivity index (χ4v) is 1.77. The Morgan fingerprint density at radius 3 is 2.45 bits per heavy atom. The van der Waals surface area contributed by atoms with Gasteiger partial charge in [-0.2, -0.15) is 0 Å². The standard InChI is InChI=1S/C16H17FN2O/c1-12(16(20)19-14-8-3-2-4-9-14)18-11-13-7-5-6-10-15(13)17/h2-10,12,18H,11H2,1H3,(H,19,20). The van der Waals surface area contributed by atoms with E-state index in [2.05, 4.69) is 10.6 Å². The Bertz CT molecular complexity index is 572. The molecule has 0 saturated carbocycles. The third-order valence-electron chi connectivity index (χ3n) is 2.99. The molecular weight excluding hydrogens is 255 g/mol. The maximum absolute atomic E-state index is 13.4. The van der Waals surface area contributed by atoms with Crippen LogP contribution in [0.4, 0.5) is 10.1 Å². The fraction of sp³-hybridized carbons (Fsp3) is 0.188. The number of anilines is 1. The summed E-state index contributed by atoms with van der Waals surface area (Å²) in [5.41, 5.74) is 1.30. The summed E-state index contributed by atoms with van der Waals surface area (Å²) in [6, 6.07) is 15.3. The lowest BCUT2D eigenvalue weighted by Crippen LogP contribution is -2.37. The van der Waals surface area contributed by atoms with E-state index in [1.807, 2.05) is 30.3 Å². The molecule has 0 heterocycles. The Hall–Kier alpha value is -2.20. The van der Waals surface area contributed by atoms with Gasteiger partial charge >= 0.3 is 0 Å². The van der Waals surface area contributed by atoms with E-state index in [0.29, 0.717) is 12.1 Å². The topological polar surface area (TPSA) is 41.1 Å². The van der Waals surface area contributed by atoms with E-state index in [0.717, 1.165) is 5.69 Å². The monoisotopic (exact) mass is 272 g/mol. The minimum atomic E-state index is -0.408. The van der Waals surface area contributed by atoms with Crippen LogP contribution in [0.1, 0.15) is 12.5 Å². The molecule has 0 saturated heterocycles. The molecule has 2 aromatic rings. The van der Waals surface area contributed by atoms with Gasteiger partial charge in [-0.15, -0.1) is 0 Å². The first-order valence-electron chi connectivity index (χ1n) is 6.49. The molecule has 0 aliphatic carbocycles. The number of para-hydroxylation sites is 1. The number of benzene rings is 2. The van der Waals surface area contributed by atoms with Crippen LogP contribution in [0.25, 0.3) is 0 Å². The summed E-state index contributed by atoms with van der Waals surface area (Å²) in [6.07, 6.45) is 0. The quantitative estimate of drug-likeness (QED) is 0.878. The van der Waals surface area contributed by atoms with Crippen LogP contribution >= 0.6 is 0 Å². The van der Waals surface area contributed by atoms with Gasteiger partial charge in [0.15, 0.2) is 0 Å². The predicted molar refractivity (Wildman–Crippen MR) is 77.8 cm³/mol. The van der Waals surface area contributed by atoms with Crippen LogP contribution in [0.3, 0.4) is 0 Å². The highest BCUT2D eigenvalue weighted by Crippen LogP contribution is 2.07. The number of rotatable bonds is 5. The third kappa shape index (κ3) is 3.90. The van der Waals surface area contributed by atoms with Crippen molar-refractivity contribution in [1.29, 1.82) is 0 Å². The summed E-state index contributed by atoms with van der Waals surface area (Å²) < 4.78 is 13.4. The normalized spacial score (nSPS) is 11.9. The molecule has 1 atom stereocenters. The van der Waals surface area contributed by atoms with Gasteiger partial charge in [-0.05, 0) is 25.1 Å². The van der Waals surface area contributed by atoms with Gasteiger partial charge in [0.2, 0.25) is 5.91 Å². The summed E-state index contributed by atoms with van der Waals surface area (Å²) in [5.74, 6) is -0.414. The van der Waals surface area contributed by atoms with Gasteiger partial charge in [0.25, 0.3) is 0 Å². The Morgan fingerprint density at radius 1 is 1.10 bits per heavy atom. The Kier molecular flexibility index (Phi) is 4.85. The lowest BCUT2D eigenvalue weighted by molar-refractivity contribution is -0.117. The number of carbonyl (C=O) groups excluding carboxylic acids is 1. The lowest BCUT2D eigenvalue weighted by Gasteiger charge is -2.14. The van der Waals surface area contributed by atoms with Crippen molar-refractivity contribution < 1.29 is 9.18 Å². The zero-order chi connectivity index (χ0) is 14.4. The van der Waals surface area contributed by atoms with Crippen LogP contribution in [0.15, 0.2) is 54.6 Å². The van der Waals surface area contributed by atoms with Crippen molar-refractivity contribution >= 4 is 11.6 Å². The molecule has 2 aromatic carbocycles. The molecule has 1 unspecified atom stereocenters. The SMILES string of the molecule is CC(NCc1ccccc1F)C(=O)Nc1ccccc1. The van der Waals surface area contributed by atoms with E-state index in [-0.39, 0.29) is 11.7 Å². The maximum atomic E-state index is 13.4. The molecule has 4 heteroatoms. The molecule has 0 spiro atoms. The molecule has 3 nitrogen and oxygen atoms in total. The minimum absolute atomic E-state index is 0.146. The third-order valence-corrected chi connectivity index (χ3v) is 2.99. The molecule has 2 N–H and O–H groups in total. The van der Waals surface area contributed by atoms with Crippen molar-refractivity contribution in [2.45, 2.75) is 19.5 Å². The molecule has 0 aromatic heterocycles. The number of hydrogen-bond acceptors (Lipinski definition) is 2. The van der Waals surface area contributed by atoms with E-state index in [9.17, 15) is 9.18 Å². The zero-order valence-electron chi connectivity index (χ0n) is 11.3. The molecule has 0 bridgehead atoms. The minimum Gasteiger partial charge on any atom is -0.325 e. The van der Waals surface area contributed by atoms with Gasteiger partial charge in [0, 0.05) is 17.8 Å². The van der Waals surface area contributed by atoms with Gasteiger partial charge in [-0.25, -0.2) is 4.39 Å². The fourth-order valence-electron chi connectivity index (χ4n) is 1.77. The van der Waals surface area contributed by atoms with Gasteiger partial charge in [0.05, 0.1) is 6.04 Å². The first kappa shape index (κ1) is 14.2. The second-order valence-electron chi connectivity index (χ2n) is 4.55. The molecular formula is C16H17FN2O. The summed E-state index contributed by atoms with van der Waals surface area (Å²) in [6.45, 7) is 2.06. The van der Waals surface area contributed by atoms with Crippen molar-refractivity contribution in [3.8, 4) is 0 Å². The molecule has 0 aliphatic rings. The van der Waals surface area contributed by atoms with Crippen LogP contribution in [0.5, 0.6) is 0 Å². The van der Waals surface area contributed by atoms with Gasteiger partial charge in [-0.1, -0.05) is 36.4 Å². The van der Waals surface area contributed by atoms with E-state index in [1.54, 1.807) is 25.1 Å². The average Bonchev–Trinajstić information content (AvgIpc) is 2.47. The van der Waals surface area contributed by atoms with E-state index < -0.39 is 6.04 Å². The summed E-state index contributed by atoms with van der Waals surface area (Å²) >= 11 is 0. The summed E-state index contributed by atoms with van der Waals surface area (Å²) in [7, 11) is 0. The first-order chi connectivity index (χ1) is 9.66. The number of carbonyl (C=O) groups is 1. The van der Waals surface area contributed by atoms with E-state index in [1.165, 1.54) is 6.07 Å². The zero-order valence-corrected chi connectivity index (χ0v) is 11.3. The van der Waals surface area contributed by atoms with Crippen molar-refractivity contribution in [3.05, 3.63) is 66.0 Å². The number of halogens is 1. The van der Waals surface area contributed by atoms with Crippen molar-refractivity contribution in [1.82, 2.24) is 5.32 Å². The summed E-state index contributed by atoms with van der Waals surface area (Å²) in [4.78, 5) is 12.0. The highest BCUT2D eigenvalue weighted by molar-refractivity contribution is 5.94. The predicted octanol–water partition coefficient (Wildman–Crippen LogP) is 2.94. The summed E-state index contributed by atoms with van der Waals surface area (Å²) in [5, 5.41) is 5.81. The number of amides is 1. The lowest BCUT2D eigenvalue weighted by atomic mass is 10.2. The highest BCUT2D eigenvalue weighted by atomic mass is 19.1. The van der Waals surface area contributed by atoms with Gasteiger partial charge in [0.1, 0.15) is 5.82 Å². The molecule has 0 fully saturated rings. The van der Waals surface area contributed by atoms with Crippen LogP contribution in [-0.2, 0) is 11.3 Å². The number of hydrogen-bond donors (Lipinski definition) is 2. The highest BCUT2D eigenvalue weighted by Gasteiger charge is 2.12. The Balaban J connectivity index is 1.87. The Morgan fingerprint density at radius 2 is 1.75 bits per heavy atom. The first-order valence-corrected chi connectivity index (χ1v) is 6.49. The van der Waals surface area contributed by atoms with E-state index >= 15 is 0 Å². The molecule has 0 aliphatic heterocycles. The molecule has 0 radical (unpaired) electrons. The van der Waals surface area contributed by atoms with Crippen molar-refractivity contribution in [2.75, 3.05) is 5.32 Å². The Labute approximate surface area is 117 Å². The molecule has 1 amide bonds. The van der Waals surface area contributed by atoms with E-state index in [4.69, 9.17) is 0 Å². The van der Waals surface area contributed by atoms with Crippen LogP contribution in [0.2, 0.25) is 0 Å². The van der Waals surface area contributed by atoms with Crippen LogP contribution in [0, 0.1) is 5.82 Å². The molecule has 2 rings (SSSR count). The van der Waals surface area contributed by atoms with Gasteiger partial charge in [-0.3, -0.25) is 4.79 Å². The van der Waals surface area contributed by atoms with Gasteiger partial charge < -0.3 is 10.6 Å². The maximum Gasteiger partial charge on any atom is 0.241 e. The van der Waals surface area contributed by atoms with Crippen LogP contribution < -0.4 is 10.6 Å². The smallest absolute Gasteiger partial charge is 0.241 e.